The van der Waals surface area contributed by atoms with Crippen molar-refractivity contribution >= 4 is 11.7 Å². The van der Waals surface area contributed by atoms with Crippen LogP contribution in [0.1, 0.15) is 24.4 Å². The summed E-state index contributed by atoms with van der Waals surface area (Å²) in [6, 6.07) is 11.3. The van der Waals surface area contributed by atoms with E-state index in [9.17, 15) is 4.79 Å². The Morgan fingerprint density at radius 2 is 1.90 bits per heavy atom. The zero-order chi connectivity index (χ0) is 14.7. The topological polar surface area (TPSA) is 50.2 Å². The zero-order valence-corrected chi connectivity index (χ0v) is 12.2. The van der Waals surface area contributed by atoms with Gasteiger partial charge >= 0.3 is 0 Å². The van der Waals surface area contributed by atoms with E-state index in [1.54, 1.807) is 4.68 Å². The molecule has 3 rings (SSSR count). The average molecular weight is 284 g/mol. The lowest BCUT2D eigenvalue weighted by Crippen LogP contribution is -2.36. The minimum atomic E-state index is -0.376. The van der Waals surface area contributed by atoms with Crippen LogP contribution in [0.25, 0.3) is 0 Å². The third-order valence-corrected chi connectivity index (χ3v) is 3.80. The number of hydrogen-bond acceptors (Lipinski definition) is 3. The molecule has 1 N–H and O–H groups in total. The molecule has 5 nitrogen and oxygen atoms in total. The molecule has 1 fully saturated rings. The van der Waals surface area contributed by atoms with E-state index in [-0.39, 0.29) is 11.9 Å². The summed E-state index contributed by atoms with van der Waals surface area (Å²) in [6.07, 6.45) is 4.05. The number of rotatable bonds is 4. The van der Waals surface area contributed by atoms with Crippen molar-refractivity contribution in [1.82, 2.24) is 14.7 Å². The Labute approximate surface area is 124 Å². The second-order valence-corrected chi connectivity index (χ2v) is 5.40. The maximum Gasteiger partial charge on any atom is 0.249 e. The first-order valence-corrected chi connectivity index (χ1v) is 7.34. The molecular weight excluding hydrogens is 264 g/mol. The molecule has 1 amide bonds. The molecule has 1 atom stereocenters. The number of amides is 1. The summed E-state index contributed by atoms with van der Waals surface area (Å²) < 4.78 is 1.73. The number of hydrogen-bond donors (Lipinski definition) is 1. The number of carbonyl (C=O) groups excluding carboxylic acids is 1. The van der Waals surface area contributed by atoms with Gasteiger partial charge in [0.25, 0.3) is 0 Å². The molecule has 1 aromatic heterocycles. The van der Waals surface area contributed by atoms with Gasteiger partial charge < -0.3 is 10.2 Å². The van der Waals surface area contributed by atoms with Gasteiger partial charge in [-0.15, -0.1) is 0 Å². The number of anilines is 1. The molecule has 110 valence electrons. The maximum absolute atomic E-state index is 12.8. The summed E-state index contributed by atoms with van der Waals surface area (Å²) in [4.78, 5) is 14.7. The third-order valence-electron chi connectivity index (χ3n) is 3.80. The first kappa shape index (κ1) is 13.7. The minimum Gasteiger partial charge on any atom is -0.353 e. The van der Waals surface area contributed by atoms with Crippen molar-refractivity contribution in [2.75, 3.05) is 18.4 Å². The predicted octanol–water partition coefficient (Wildman–Crippen LogP) is 2.20. The van der Waals surface area contributed by atoms with Gasteiger partial charge in [0.05, 0.1) is 0 Å². The molecule has 0 spiro atoms. The van der Waals surface area contributed by atoms with E-state index < -0.39 is 0 Å². The van der Waals surface area contributed by atoms with E-state index in [1.807, 2.05) is 54.5 Å². The fourth-order valence-electron chi connectivity index (χ4n) is 2.69. The number of aryl methyl sites for hydroxylation is 1. The lowest BCUT2D eigenvalue weighted by Gasteiger charge is -2.24. The van der Waals surface area contributed by atoms with Crippen LogP contribution in [0.15, 0.2) is 42.6 Å². The molecule has 21 heavy (non-hydrogen) atoms. The van der Waals surface area contributed by atoms with Crippen molar-refractivity contribution in [3.8, 4) is 0 Å². The molecule has 1 aromatic carbocycles. The van der Waals surface area contributed by atoms with Crippen LogP contribution in [0.5, 0.6) is 0 Å². The van der Waals surface area contributed by atoms with Crippen LogP contribution in [0.2, 0.25) is 0 Å². The molecule has 0 aliphatic carbocycles. The zero-order valence-electron chi connectivity index (χ0n) is 12.2. The Morgan fingerprint density at radius 3 is 2.52 bits per heavy atom. The van der Waals surface area contributed by atoms with E-state index in [4.69, 9.17) is 0 Å². The Morgan fingerprint density at radius 1 is 1.19 bits per heavy atom. The summed E-state index contributed by atoms with van der Waals surface area (Å²) in [5.41, 5.74) is 0.972. The van der Waals surface area contributed by atoms with Crippen molar-refractivity contribution in [2.45, 2.75) is 18.9 Å². The molecule has 0 bridgehead atoms. The monoisotopic (exact) mass is 284 g/mol. The minimum absolute atomic E-state index is 0.129. The largest absolute Gasteiger partial charge is 0.353 e. The molecule has 5 heteroatoms. The molecule has 1 unspecified atom stereocenters. The highest BCUT2D eigenvalue weighted by atomic mass is 16.2. The molecule has 1 aliphatic heterocycles. The molecule has 1 aliphatic rings. The van der Waals surface area contributed by atoms with E-state index in [0.717, 1.165) is 37.3 Å². The molecular formula is C16H20N4O. The molecule has 2 aromatic rings. The Bertz CT molecular complexity index is 602. The number of aromatic nitrogens is 2. The standard InChI is InChI=1S/C16H20N4O/c1-19-12-9-14(18-19)17-15(13-7-3-2-4-8-13)16(21)20-10-5-6-11-20/h2-4,7-9,12,15H,5-6,10-11H2,1H3,(H,17,18). The highest BCUT2D eigenvalue weighted by Crippen LogP contribution is 2.23. The highest BCUT2D eigenvalue weighted by molar-refractivity contribution is 5.86. The van der Waals surface area contributed by atoms with Gasteiger partial charge in [-0.3, -0.25) is 9.48 Å². The van der Waals surface area contributed by atoms with Gasteiger partial charge in [0.2, 0.25) is 5.91 Å². The normalized spacial score (nSPS) is 16.0. The van der Waals surface area contributed by atoms with Crippen LogP contribution in [0.4, 0.5) is 5.82 Å². The van der Waals surface area contributed by atoms with Crippen molar-refractivity contribution in [1.29, 1.82) is 0 Å². The molecule has 0 saturated carbocycles. The summed E-state index contributed by atoms with van der Waals surface area (Å²) >= 11 is 0. The Balaban J connectivity index is 1.85. The van der Waals surface area contributed by atoms with E-state index in [0.29, 0.717) is 0 Å². The molecule has 1 saturated heterocycles. The highest BCUT2D eigenvalue weighted by Gasteiger charge is 2.28. The number of carbonyl (C=O) groups is 1. The van der Waals surface area contributed by atoms with Crippen molar-refractivity contribution in [2.24, 2.45) is 7.05 Å². The van der Waals surface area contributed by atoms with Crippen LogP contribution < -0.4 is 5.32 Å². The number of nitrogens with one attached hydrogen (secondary N) is 1. The van der Waals surface area contributed by atoms with Gasteiger partial charge in [0.15, 0.2) is 0 Å². The van der Waals surface area contributed by atoms with Gasteiger partial charge in [-0.25, -0.2) is 0 Å². The van der Waals surface area contributed by atoms with Crippen molar-refractivity contribution in [3.63, 3.8) is 0 Å². The lowest BCUT2D eigenvalue weighted by molar-refractivity contribution is -0.131. The Kier molecular flexibility index (Phi) is 3.90. The van der Waals surface area contributed by atoms with E-state index in [1.165, 1.54) is 0 Å². The fraction of sp³-hybridized carbons (Fsp3) is 0.375. The first-order valence-electron chi connectivity index (χ1n) is 7.34. The summed E-state index contributed by atoms with van der Waals surface area (Å²) in [6.45, 7) is 1.71. The van der Waals surface area contributed by atoms with Gasteiger partial charge in [-0.2, -0.15) is 5.10 Å². The lowest BCUT2D eigenvalue weighted by atomic mass is 10.1. The summed E-state index contributed by atoms with van der Waals surface area (Å²) in [5.74, 6) is 0.850. The fourth-order valence-corrected chi connectivity index (χ4v) is 2.69. The van der Waals surface area contributed by atoms with Gasteiger partial charge in [-0.05, 0) is 18.4 Å². The number of nitrogens with zero attached hydrogens (tertiary/aromatic N) is 3. The average Bonchev–Trinajstić information content (AvgIpc) is 3.16. The summed E-state index contributed by atoms with van der Waals surface area (Å²) in [7, 11) is 1.87. The second-order valence-electron chi connectivity index (χ2n) is 5.40. The van der Waals surface area contributed by atoms with E-state index in [2.05, 4.69) is 10.4 Å². The SMILES string of the molecule is Cn1ccc(NC(C(=O)N2CCCC2)c2ccccc2)n1. The molecule has 0 radical (unpaired) electrons. The predicted molar refractivity (Wildman–Crippen MR) is 81.8 cm³/mol. The second kappa shape index (κ2) is 5.99. The van der Waals surface area contributed by atoms with E-state index >= 15 is 0 Å². The van der Waals surface area contributed by atoms with Crippen molar-refractivity contribution < 1.29 is 4.79 Å². The maximum atomic E-state index is 12.8. The van der Waals surface area contributed by atoms with Crippen LogP contribution >= 0.6 is 0 Å². The van der Waals surface area contributed by atoms with Crippen LogP contribution in [-0.4, -0.2) is 33.7 Å². The van der Waals surface area contributed by atoms with Crippen LogP contribution in [-0.2, 0) is 11.8 Å². The smallest absolute Gasteiger partial charge is 0.249 e. The summed E-state index contributed by atoms with van der Waals surface area (Å²) in [5, 5.41) is 7.59. The van der Waals surface area contributed by atoms with Gasteiger partial charge in [-0.1, -0.05) is 30.3 Å². The first-order chi connectivity index (χ1) is 10.2. The van der Waals surface area contributed by atoms with Gasteiger partial charge in [0, 0.05) is 32.4 Å². The van der Waals surface area contributed by atoms with Crippen molar-refractivity contribution in [3.05, 3.63) is 48.2 Å². The van der Waals surface area contributed by atoms with Gasteiger partial charge in [0.1, 0.15) is 11.9 Å². The third kappa shape index (κ3) is 3.07. The number of benzene rings is 1. The number of likely N-dealkylation sites (tertiary alicyclic amines) is 1. The quantitative estimate of drug-likeness (QED) is 0.936. The van der Waals surface area contributed by atoms with Crippen LogP contribution in [0, 0.1) is 0 Å². The Hall–Kier alpha value is -2.30. The molecule has 2 heterocycles. The van der Waals surface area contributed by atoms with Crippen LogP contribution in [0.3, 0.4) is 0 Å².